The van der Waals surface area contributed by atoms with Gasteiger partial charge in [0, 0.05) is 18.5 Å². The second kappa shape index (κ2) is 9.47. The fourth-order valence-electron chi connectivity index (χ4n) is 2.50. The standard InChI is InChI=1S/C18H29N3O.HI/c1-5-19-17(21-11-18(4)12-22-13-18)20-10-15(3)16-8-6-7-14(2)9-16;/h6-9,15H,5,10-13H2,1-4H3,(H2,19,20,21);1H. The lowest BCUT2D eigenvalue weighted by Crippen LogP contribution is -2.44. The van der Waals surface area contributed by atoms with Crippen LogP contribution >= 0.6 is 24.0 Å². The van der Waals surface area contributed by atoms with Crippen LogP contribution in [0.2, 0.25) is 0 Å². The van der Waals surface area contributed by atoms with Crippen LogP contribution in [-0.4, -0.2) is 38.8 Å². The van der Waals surface area contributed by atoms with Gasteiger partial charge in [0.1, 0.15) is 0 Å². The summed E-state index contributed by atoms with van der Waals surface area (Å²) in [4.78, 5) is 4.70. The zero-order valence-electron chi connectivity index (χ0n) is 14.7. The second-order valence-corrected chi connectivity index (χ2v) is 6.69. The zero-order valence-corrected chi connectivity index (χ0v) is 17.0. The summed E-state index contributed by atoms with van der Waals surface area (Å²) in [6.07, 6.45) is 0. The van der Waals surface area contributed by atoms with E-state index in [2.05, 4.69) is 62.6 Å². The van der Waals surface area contributed by atoms with Crippen LogP contribution < -0.4 is 10.6 Å². The van der Waals surface area contributed by atoms with Crippen molar-refractivity contribution in [1.82, 2.24) is 10.6 Å². The molecule has 5 heteroatoms. The molecule has 0 aromatic heterocycles. The van der Waals surface area contributed by atoms with Crippen molar-refractivity contribution in [3.05, 3.63) is 35.4 Å². The molecule has 4 nitrogen and oxygen atoms in total. The fraction of sp³-hybridized carbons (Fsp3) is 0.611. The van der Waals surface area contributed by atoms with Gasteiger partial charge in [-0.1, -0.05) is 43.7 Å². The molecule has 0 amide bonds. The minimum absolute atomic E-state index is 0. The summed E-state index contributed by atoms with van der Waals surface area (Å²) in [5.74, 6) is 1.35. The highest BCUT2D eigenvalue weighted by Gasteiger charge is 2.33. The molecule has 1 unspecified atom stereocenters. The Morgan fingerprint density at radius 2 is 2.09 bits per heavy atom. The molecule has 1 aromatic carbocycles. The number of guanidine groups is 1. The molecule has 1 aliphatic rings. The number of rotatable bonds is 6. The largest absolute Gasteiger partial charge is 0.380 e. The van der Waals surface area contributed by atoms with Gasteiger partial charge in [0.15, 0.2) is 5.96 Å². The van der Waals surface area contributed by atoms with Gasteiger partial charge < -0.3 is 15.4 Å². The predicted molar refractivity (Wildman–Crippen MR) is 108 cm³/mol. The van der Waals surface area contributed by atoms with Crippen LogP contribution in [0.15, 0.2) is 29.3 Å². The molecule has 1 fully saturated rings. The highest BCUT2D eigenvalue weighted by Crippen LogP contribution is 2.26. The van der Waals surface area contributed by atoms with Gasteiger partial charge in [-0.05, 0) is 25.3 Å². The molecule has 0 spiro atoms. The topological polar surface area (TPSA) is 45.7 Å². The van der Waals surface area contributed by atoms with Gasteiger partial charge in [0.05, 0.1) is 19.8 Å². The number of nitrogens with one attached hydrogen (secondary N) is 2. The number of benzene rings is 1. The molecule has 2 N–H and O–H groups in total. The monoisotopic (exact) mass is 431 g/mol. The molecular formula is C18H30IN3O. The average molecular weight is 431 g/mol. The summed E-state index contributed by atoms with van der Waals surface area (Å²) in [6, 6.07) is 8.70. The van der Waals surface area contributed by atoms with Gasteiger partial charge in [0.2, 0.25) is 0 Å². The number of halogens is 1. The second-order valence-electron chi connectivity index (χ2n) is 6.69. The Morgan fingerprint density at radius 3 is 2.65 bits per heavy atom. The number of aliphatic imine (C=N–C) groups is 1. The first-order valence-electron chi connectivity index (χ1n) is 8.19. The van der Waals surface area contributed by atoms with Crippen molar-refractivity contribution in [2.24, 2.45) is 10.4 Å². The minimum atomic E-state index is 0. The normalized spacial score (nSPS) is 17.7. The Morgan fingerprint density at radius 1 is 1.35 bits per heavy atom. The third-order valence-corrected chi connectivity index (χ3v) is 4.05. The van der Waals surface area contributed by atoms with Crippen LogP contribution in [-0.2, 0) is 4.74 Å². The van der Waals surface area contributed by atoms with E-state index in [1.807, 2.05) is 0 Å². The molecule has 130 valence electrons. The summed E-state index contributed by atoms with van der Waals surface area (Å²) in [5, 5.41) is 6.78. The lowest BCUT2D eigenvalue weighted by Gasteiger charge is -2.36. The molecule has 0 saturated carbocycles. The van der Waals surface area contributed by atoms with Crippen molar-refractivity contribution in [2.45, 2.75) is 33.6 Å². The van der Waals surface area contributed by atoms with Crippen molar-refractivity contribution in [3.8, 4) is 0 Å². The number of aryl methyl sites for hydroxylation is 1. The number of hydrogen-bond acceptors (Lipinski definition) is 2. The minimum Gasteiger partial charge on any atom is -0.380 e. The van der Waals surface area contributed by atoms with Crippen molar-refractivity contribution in [2.75, 3.05) is 32.8 Å². The van der Waals surface area contributed by atoms with Gasteiger partial charge >= 0.3 is 0 Å². The van der Waals surface area contributed by atoms with Gasteiger partial charge in [-0.2, -0.15) is 0 Å². The first kappa shape index (κ1) is 20.2. The molecule has 1 aromatic rings. The maximum absolute atomic E-state index is 5.29. The molecule has 23 heavy (non-hydrogen) atoms. The van der Waals surface area contributed by atoms with Crippen LogP contribution in [0.4, 0.5) is 0 Å². The molecule has 2 rings (SSSR count). The van der Waals surface area contributed by atoms with Crippen LogP contribution in [0.1, 0.15) is 37.8 Å². The van der Waals surface area contributed by atoms with Gasteiger partial charge in [-0.3, -0.25) is 4.99 Å². The summed E-state index contributed by atoms with van der Waals surface area (Å²) in [6.45, 7) is 12.9. The van der Waals surface area contributed by atoms with E-state index in [0.29, 0.717) is 5.92 Å². The summed E-state index contributed by atoms with van der Waals surface area (Å²) >= 11 is 0. The lowest BCUT2D eigenvalue weighted by molar-refractivity contribution is -0.0945. The van der Waals surface area contributed by atoms with Crippen LogP contribution in [0, 0.1) is 12.3 Å². The van der Waals surface area contributed by atoms with Crippen molar-refractivity contribution in [3.63, 3.8) is 0 Å². The molecular weight excluding hydrogens is 401 g/mol. The smallest absolute Gasteiger partial charge is 0.191 e. The molecule has 0 bridgehead atoms. The van der Waals surface area contributed by atoms with Gasteiger partial charge in [0.25, 0.3) is 0 Å². The summed E-state index contributed by atoms with van der Waals surface area (Å²) < 4.78 is 5.29. The molecule has 1 heterocycles. The lowest BCUT2D eigenvalue weighted by atomic mass is 9.89. The molecule has 1 aliphatic heterocycles. The zero-order chi connectivity index (χ0) is 16.0. The predicted octanol–water partition coefficient (Wildman–Crippen LogP) is 3.31. The summed E-state index contributed by atoms with van der Waals surface area (Å²) in [5.41, 5.74) is 2.88. The van der Waals surface area contributed by atoms with E-state index in [-0.39, 0.29) is 29.4 Å². The molecule has 1 saturated heterocycles. The Bertz CT molecular complexity index is 515. The number of hydrogen-bond donors (Lipinski definition) is 2. The highest BCUT2D eigenvalue weighted by molar-refractivity contribution is 14.0. The maximum Gasteiger partial charge on any atom is 0.191 e. The first-order chi connectivity index (χ1) is 10.5. The third-order valence-electron chi connectivity index (χ3n) is 4.05. The quantitative estimate of drug-likeness (QED) is 0.413. The van der Waals surface area contributed by atoms with E-state index in [9.17, 15) is 0 Å². The Balaban J connectivity index is 0.00000264. The van der Waals surface area contributed by atoms with E-state index >= 15 is 0 Å². The van der Waals surface area contributed by atoms with Gasteiger partial charge in [-0.15, -0.1) is 24.0 Å². The maximum atomic E-state index is 5.29. The summed E-state index contributed by atoms with van der Waals surface area (Å²) in [7, 11) is 0. The van der Waals surface area contributed by atoms with Gasteiger partial charge in [-0.25, -0.2) is 0 Å². The average Bonchev–Trinajstić information content (AvgIpc) is 2.47. The molecule has 1 atom stereocenters. The molecule has 0 radical (unpaired) electrons. The first-order valence-corrected chi connectivity index (χ1v) is 8.19. The number of ether oxygens (including phenoxy) is 1. The van der Waals surface area contributed by atoms with E-state index in [1.165, 1.54) is 11.1 Å². The van der Waals surface area contributed by atoms with E-state index < -0.39 is 0 Å². The Labute approximate surface area is 157 Å². The van der Waals surface area contributed by atoms with Crippen molar-refractivity contribution < 1.29 is 4.74 Å². The van der Waals surface area contributed by atoms with Crippen molar-refractivity contribution >= 4 is 29.9 Å². The van der Waals surface area contributed by atoms with Crippen LogP contribution in [0.3, 0.4) is 0 Å². The molecule has 0 aliphatic carbocycles. The Kier molecular flexibility index (Phi) is 8.33. The fourth-order valence-corrected chi connectivity index (χ4v) is 2.50. The third kappa shape index (κ3) is 6.30. The van der Waals surface area contributed by atoms with E-state index in [0.717, 1.165) is 38.8 Å². The van der Waals surface area contributed by atoms with Crippen LogP contribution in [0.25, 0.3) is 0 Å². The Hall–Kier alpha value is -0.820. The van der Waals surface area contributed by atoms with Crippen molar-refractivity contribution in [1.29, 1.82) is 0 Å². The number of nitrogens with zero attached hydrogens (tertiary/aromatic N) is 1. The van der Waals surface area contributed by atoms with E-state index in [1.54, 1.807) is 0 Å². The highest BCUT2D eigenvalue weighted by atomic mass is 127. The van der Waals surface area contributed by atoms with Crippen LogP contribution in [0.5, 0.6) is 0 Å². The SMILES string of the molecule is CCNC(=NCC1(C)COC1)NCC(C)c1cccc(C)c1.I. The van der Waals surface area contributed by atoms with E-state index in [4.69, 9.17) is 9.73 Å².